The van der Waals surface area contributed by atoms with Gasteiger partial charge in [-0.2, -0.15) is 0 Å². The molecule has 8 heteroatoms. The number of aryl methyl sites for hydroxylation is 1. The summed E-state index contributed by atoms with van der Waals surface area (Å²) in [7, 11) is 1.06. The van der Waals surface area contributed by atoms with Gasteiger partial charge in [0.2, 0.25) is 0 Å². The minimum atomic E-state index is -1.99. The van der Waals surface area contributed by atoms with Crippen LogP contribution in [0.1, 0.15) is 31.2 Å². The van der Waals surface area contributed by atoms with Crippen molar-refractivity contribution in [3.63, 3.8) is 0 Å². The average Bonchev–Trinajstić information content (AvgIpc) is 2.52. The summed E-state index contributed by atoms with van der Waals surface area (Å²) in [5, 5.41) is 0. The second-order valence-electron chi connectivity index (χ2n) is 4.75. The fourth-order valence-electron chi connectivity index (χ4n) is 1.99. The maximum absolute atomic E-state index is 13.4. The molecule has 0 spiro atoms. The lowest BCUT2D eigenvalue weighted by atomic mass is 10.0. The Morgan fingerprint density at radius 1 is 0.864 bits per heavy atom. The first-order valence-corrected chi connectivity index (χ1v) is 8.41. The Balaban J connectivity index is 2.26. The third kappa shape index (κ3) is 5.67. The Labute approximate surface area is 129 Å². The molecule has 1 rings (SSSR count). The van der Waals surface area contributed by atoms with Gasteiger partial charge in [0.25, 0.3) is 0 Å². The van der Waals surface area contributed by atoms with Crippen LogP contribution in [0.4, 0.5) is 17.6 Å². The average molecular weight is 340 g/mol. The number of hydrogen-bond donors (Lipinski definition) is 0. The molecular formula is C14H20F4O3Si. The van der Waals surface area contributed by atoms with E-state index in [-0.39, 0.29) is 12.0 Å². The molecule has 0 aromatic heterocycles. The van der Waals surface area contributed by atoms with Gasteiger partial charge in [0.15, 0.2) is 23.3 Å². The van der Waals surface area contributed by atoms with Gasteiger partial charge in [0.05, 0.1) is 0 Å². The number of benzene rings is 1. The fourth-order valence-corrected chi connectivity index (χ4v) is 2.81. The van der Waals surface area contributed by atoms with Gasteiger partial charge >= 0.3 is 9.53 Å². The summed E-state index contributed by atoms with van der Waals surface area (Å²) in [6.07, 6.45) is 3.06. The van der Waals surface area contributed by atoms with E-state index in [0.29, 0.717) is 19.1 Å². The Kier molecular flexibility index (Phi) is 8.62. The van der Waals surface area contributed by atoms with E-state index in [4.69, 9.17) is 13.3 Å². The smallest absolute Gasteiger partial charge is 0.379 e. The van der Waals surface area contributed by atoms with Crippen molar-refractivity contribution in [2.24, 2.45) is 0 Å². The zero-order chi connectivity index (χ0) is 16.5. The molecule has 1 aromatic rings. The van der Waals surface area contributed by atoms with E-state index in [1.165, 1.54) is 14.2 Å². The van der Waals surface area contributed by atoms with Crippen molar-refractivity contribution in [2.75, 3.05) is 20.8 Å². The maximum atomic E-state index is 13.4. The van der Waals surface area contributed by atoms with Gasteiger partial charge in [-0.1, -0.05) is 12.8 Å². The monoisotopic (exact) mass is 340 g/mol. The number of hydrogen-bond acceptors (Lipinski definition) is 3. The number of rotatable bonds is 10. The van der Waals surface area contributed by atoms with E-state index < -0.39 is 32.8 Å². The molecule has 0 amide bonds. The van der Waals surface area contributed by atoms with Gasteiger partial charge in [0.1, 0.15) is 0 Å². The van der Waals surface area contributed by atoms with Crippen LogP contribution in [0.5, 0.6) is 0 Å². The SMILES string of the molecule is CO[SiH](OC)OCCCCCCc1cc(F)c(F)c(F)c1F. The molecule has 0 saturated heterocycles. The molecule has 126 valence electrons. The van der Waals surface area contributed by atoms with Crippen LogP contribution in [0.25, 0.3) is 0 Å². The molecule has 0 atom stereocenters. The molecule has 0 saturated carbocycles. The predicted molar refractivity (Wildman–Crippen MR) is 75.6 cm³/mol. The van der Waals surface area contributed by atoms with Crippen molar-refractivity contribution in [3.8, 4) is 0 Å². The Hall–Kier alpha value is -0.963. The molecule has 0 unspecified atom stereocenters. The van der Waals surface area contributed by atoms with Crippen LogP contribution in [0.15, 0.2) is 6.07 Å². The molecule has 1 aromatic carbocycles. The molecule has 0 aliphatic rings. The van der Waals surface area contributed by atoms with Crippen LogP contribution in [-0.2, 0) is 19.7 Å². The topological polar surface area (TPSA) is 27.7 Å². The molecule has 3 nitrogen and oxygen atoms in total. The summed E-state index contributed by atoms with van der Waals surface area (Å²) in [5.74, 6) is -6.19. The zero-order valence-corrected chi connectivity index (χ0v) is 13.8. The van der Waals surface area contributed by atoms with Gasteiger partial charge in [-0.3, -0.25) is 0 Å². The van der Waals surface area contributed by atoms with Crippen LogP contribution >= 0.6 is 0 Å². The number of unbranched alkanes of at least 4 members (excludes halogenated alkanes) is 3. The second kappa shape index (κ2) is 9.93. The van der Waals surface area contributed by atoms with E-state index >= 15 is 0 Å². The minimum Gasteiger partial charge on any atom is -0.379 e. The van der Waals surface area contributed by atoms with Crippen LogP contribution in [0.2, 0.25) is 0 Å². The molecular weight excluding hydrogens is 320 g/mol. The largest absolute Gasteiger partial charge is 0.483 e. The van der Waals surface area contributed by atoms with Gasteiger partial charge in [-0.25, -0.2) is 17.6 Å². The molecule has 0 fully saturated rings. The number of halogens is 4. The van der Waals surface area contributed by atoms with Crippen molar-refractivity contribution >= 4 is 9.53 Å². The summed E-state index contributed by atoms with van der Waals surface area (Å²) in [6.45, 7) is 0.507. The molecule has 0 N–H and O–H groups in total. The summed E-state index contributed by atoms with van der Waals surface area (Å²) >= 11 is 0. The first-order valence-electron chi connectivity index (χ1n) is 7.00. The van der Waals surface area contributed by atoms with Gasteiger partial charge < -0.3 is 13.3 Å². The summed E-state index contributed by atoms with van der Waals surface area (Å²) in [5.41, 5.74) is -0.140. The molecule has 22 heavy (non-hydrogen) atoms. The minimum absolute atomic E-state index is 0.140. The van der Waals surface area contributed by atoms with E-state index in [1.54, 1.807) is 0 Å². The van der Waals surface area contributed by atoms with Crippen molar-refractivity contribution in [2.45, 2.75) is 32.1 Å². The lowest BCUT2D eigenvalue weighted by Crippen LogP contribution is -2.24. The first kappa shape index (κ1) is 19.1. The quantitative estimate of drug-likeness (QED) is 0.215. The van der Waals surface area contributed by atoms with Crippen LogP contribution in [0, 0.1) is 23.3 Å². The molecule has 0 aliphatic carbocycles. The van der Waals surface area contributed by atoms with Crippen molar-refractivity contribution in [1.29, 1.82) is 0 Å². The van der Waals surface area contributed by atoms with Crippen molar-refractivity contribution < 1.29 is 30.8 Å². The van der Waals surface area contributed by atoms with Gasteiger partial charge in [0, 0.05) is 20.8 Å². The Morgan fingerprint density at radius 3 is 2.14 bits per heavy atom. The van der Waals surface area contributed by atoms with Gasteiger partial charge in [-0.05, 0) is 30.9 Å². The lowest BCUT2D eigenvalue weighted by molar-refractivity contribution is 0.133. The molecule has 0 aliphatic heterocycles. The molecule has 0 bridgehead atoms. The van der Waals surface area contributed by atoms with E-state index in [9.17, 15) is 17.6 Å². The summed E-state index contributed by atoms with van der Waals surface area (Å²) < 4.78 is 67.6. The highest BCUT2D eigenvalue weighted by atomic mass is 28.3. The van der Waals surface area contributed by atoms with Crippen LogP contribution < -0.4 is 0 Å². The predicted octanol–water partition coefficient (Wildman–Crippen LogP) is 3.37. The normalized spacial score (nSPS) is 11.4. The molecule has 0 radical (unpaired) electrons. The van der Waals surface area contributed by atoms with E-state index in [2.05, 4.69) is 0 Å². The Morgan fingerprint density at radius 2 is 1.50 bits per heavy atom. The third-order valence-electron chi connectivity index (χ3n) is 3.16. The summed E-state index contributed by atoms with van der Waals surface area (Å²) in [6, 6.07) is 0.713. The summed E-state index contributed by atoms with van der Waals surface area (Å²) in [4.78, 5) is 0. The van der Waals surface area contributed by atoms with Crippen molar-refractivity contribution in [3.05, 3.63) is 34.9 Å². The highest BCUT2D eigenvalue weighted by Gasteiger charge is 2.18. The van der Waals surface area contributed by atoms with E-state index in [0.717, 1.165) is 19.3 Å². The maximum Gasteiger partial charge on any atom is 0.483 e. The molecule has 0 heterocycles. The highest BCUT2D eigenvalue weighted by molar-refractivity contribution is 6.36. The van der Waals surface area contributed by atoms with Crippen LogP contribution in [-0.4, -0.2) is 30.4 Å². The zero-order valence-electron chi connectivity index (χ0n) is 12.6. The van der Waals surface area contributed by atoms with Crippen LogP contribution in [0.3, 0.4) is 0 Å². The van der Waals surface area contributed by atoms with Gasteiger partial charge in [-0.15, -0.1) is 0 Å². The first-order chi connectivity index (χ1) is 10.5. The van der Waals surface area contributed by atoms with E-state index in [1.807, 2.05) is 0 Å². The fraction of sp³-hybridized carbons (Fsp3) is 0.571. The van der Waals surface area contributed by atoms with Crippen molar-refractivity contribution in [1.82, 2.24) is 0 Å². The second-order valence-corrected chi connectivity index (χ2v) is 6.61. The standard InChI is InChI=1S/C14H20F4O3Si/c1-19-22(20-2)21-8-6-4-3-5-7-10-9-11(15)13(17)14(18)12(10)16/h9,22H,3-8H2,1-2H3. The lowest BCUT2D eigenvalue weighted by Gasteiger charge is -2.11. The highest BCUT2D eigenvalue weighted by Crippen LogP contribution is 2.20. The third-order valence-corrected chi connectivity index (χ3v) is 4.43. The Bertz CT molecular complexity index is 470.